The summed E-state index contributed by atoms with van der Waals surface area (Å²) in [7, 11) is 0. The predicted octanol–water partition coefficient (Wildman–Crippen LogP) is 13.5. The Labute approximate surface area is 307 Å². The Kier molecular flexibility index (Phi) is 7.06. The Hall–Kier alpha value is -6.16. The van der Waals surface area contributed by atoms with Gasteiger partial charge < -0.3 is 0 Å². The zero-order valence-corrected chi connectivity index (χ0v) is 29.8. The lowest BCUT2D eigenvalue weighted by Crippen LogP contribution is -2.15. The SMILES string of the molecule is CC1(C)c2ccccc2-c2ccc(-c3nc(-c4ccccc4-c4ccc(-c5ccccc5)cc4)cc(-c4cccc5c4sc4ccccc45)n3)cc21. The molecule has 0 aliphatic heterocycles. The van der Waals surface area contributed by atoms with Crippen molar-refractivity contribution in [3.8, 4) is 67.3 Å². The van der Waals surface area contributed by atoms with E-state index >= 15 is 0 Å². The summed E-state index contributed by atoms with van der Waals surface area (Å²) < 4.78 is 2.53. The highest BCUT2D eigenvalue weighted by Crippen LogP contribution is 2.49. The number of benzene rings is 7. The van der Waals surface area contributed by atoms with E-state index in [0.29, 0.717) is 0 Å². The molecule has 0 N–H and O–H groups in total. The summed E-state index contributed by atoms with van der Waals surface area (Å²) in [4.78, 5) is 10.8. The molecule has 0 bridgehead atoms. The van der Waals surface area contributed by atoms with E-state index < -0.39 is 0 Å². The van der Waals surface area contributed by atoms with Crippen molar-refractivity contribution in [1.82, 2.24) is 9.97 Å². The number of aromatic nitrogens is 2. The fourth-order valence-electron chi connectivity index (χ4n) is 8.08. The molecular weight excluding hydrogens is 649 g/mol. The molecule has 2 nitrogen and oxygen atoms in total. The minimum Gasteiger partial charge on any atom is -0.228 e. The van der Waals surface area contributed by atoms with Gasteiger partial charge in [0.05, 0.1) is 11.4 Å². The molecule has 1 aliphatic carbocycles. The van der Waals surface area contributed by atoms with Crippen LogP contribution >= 0.6 is 11.3 Å². The molecule has 0 saturated carbocycles. The van der Waals surface area contributed by atoms with Gasteiger partial charge in [-0.25, -0.2) is 9.97 Å². The van der Waals surface area contributed by atoms with Gasteiger partial charge in [-0.3, -0.25) is 0 Å². The Morgan fingerprint density at radius 3 is 1.81 bits per heavy atom. The Morgan fingerprint density at radius 2 is 0.981 bits per heavy atom. The third-order valence-electron chi connectivity index (χ3n) is 10.8. The van der Waals surface area contributed by atoms with Crippen LogP contribution < -0.4 is 0 Å². The maximum atomic E-state index is 5.39. The van der Waals surface area contributed by atoms with Gasteiger partial charge in [0.2, 0.25) is 0 Å². The van der Waals surface area contributed by atoms with Gasteiger partial charge in [-0.05, 0) is 62.7 Å². The molecule has 2 aromatic heterocycles. The van der Waals surface area contributed by atoms with Gasteiger partial charge in [0.1, 0.15) is 0 Å². The summed E-state index contributed by atoms with van der Waals surface area (Å²) in [6, 6.07) is 61.1. The lowest BCUT2D eigenvalue weighted by Gasteiger charge is -2.22. The van der Waals surface area contributed by atoms with Crippen LogP contribution in [0.5, 0.6) is 0 Å². The van der Waals surface area contributed by atoms with E-state index in [4.69, 9.17) is 9.97 Å². The number of rotatable bonds is 5. The quantitative estimate of drug-likeness (QED) is 0.181. The fourth-order valence-corrected chi connectivity index (χ4v) is 9.30. The monoisotopic (exact) mass is 682 g/mol. The highest BCUT2D eigenvalue weighted by molar-refractivity contribution is 7.26. The van der Waals surface area contributed by atoms with Crippen LogP contribution in [0, 0.1) is 0 Å². The van der Waals surface area contributed by atoms with Crippen molar-refractivity contribution in [3.63, 3.8) is 0 Å². The van der Waals surface area contributed by atoms with Crippen LogP contribution in [0.25, 0.3) is 87.5 Å². The van der Waals surface area contributed by atoms with Crippen LogP contribution in [0.3, 0.4) is 0 Å². The first-order valence-electron chi connectivity index (χ1n) is 17.8. The molecule has 0 atom stereocenters. The molecule has 2 heterocycles. The summed E-state index contributed by atoms with van der Waals surface area (Å²) in [6.45, 7) is 4.65. The molecule has 0 spiro atoms. The molecule has 0 saturated heterocycles. The number of hydrogen-bond donors (Lipinski definition) is 0. The summed E-state index contributed by atoms with van der Waals surface area (Å²) in [6.07, 6.45) is 0. The van der Waals surface area contributed by atoms with E-state index in [0.717, 1.165) is 45.0 Å². The molecule has 0 amide bonds. The number of nitrogens with zero attached hydrogens (tertiary/aromatic N) is 2. The number of fused-ring (bicyclic) bond motifs is 6. The Morgan fingerprint density at radius 1 is 0.404 bits per heavy atom. The zero-order chi connectivity index (χ0) is 34.8. The molecule has 7 aromatic carbocycles. The molecule has 3 heteroatoms. The normalized spacial score (nSPS) is 13.0. The summed E-state index contributed by atoms with van der Waals surface area (Å²) in [5, 5.41) is 2.54. The van der Waals surface area contributed by atoms with Crippen molar-refractivity contribution >= 4 is 31.5 Å². The highest BCUT2D eigenvalue weighted by atomic mass is 32.1. The van der Waals surface area contributed by atoms with E-state index in [9.17, 15) is 0 Å². The predicted molar refractivity (Wildman–Crippen MR) is 220 cm³/mol. The highest BCUT2D eigenvalue weighted by Gasteiger charge is 2.35. The maximum absolute atomic E-state index is 5.39. The molecule has 0 unspecified atom stereocenters. The van der Waals surface area contributed by atoms with Crippen molar-refractivity contribution in [3.05, 3.63) is 181 Å². The third-order valence-corrected chi connectivity index (χ3v) is 12.0. The van der Waals surface area contributed by atoms with Crippen LogP contribution in [-0.4, -0.2) is 9.97 Å². The Balaban J connectivity index is 1.17. The van der Waals surface area contributed by atoms with Gasteiger partial charge in [0.15, 0.2) is 5.82 Å². The van der Waals surface area contributed by atoms with Gasteiger partial charge in [0.25, 0.3) is 0 Å². The average Bonchev–Trinajstić information content (AvgIpc) is 3.70. The second kappa shape index (κ2) is 12.0. The van der Waals surface area contributed by atoms with Crippen LogP contribution in [-0.2, 0) is 5.41 Å². The largest absolute Gasteiger partial charge is 0.228 e. The molecule has 246 valence electrons. The van der Waals surface area contributed by atoms with Gasteiger partial charge in [0, 0.05) is 42.3 Å². The zero-order valence-electron chi connectivity index (χ0n) is 29.0. The molecule has 0 fully saturated rings. The van der Waals surface area contributed by atoms with Crippen LogP contribution in [0.4, 0.5) is 0 Å². The van der Waals surface area contributed by atoms with Crippen LogP contribution in [0.2, 0.25) is 0 Å². The van der Waals surface area contributed by atoms with Gasteiger partial charge in [-0.15, -0.1) is 11.3 Å². The van der Waals surface area contributed by atoms with E-state index in [-0.39, 0.29) is 5.41 Å². The van der Waals surface area contributed by atoms with Crippen molar-refractivity contribution in [2.75, 3.05) is 0 Å². The first-order chi connectivity index (χ1) is 25.5. The molecule has 0 radical (unpaired) electrons. The van der Waals surface area contributed by atoms with Crippen molar-refractivity contribution in [2.45, 2.75) is 19.3 Å². The van der Waals surface area contributed by atoms with Gasteiger partial charge >= 0.3 is 0 Å². The molecule has 9 aromatic rings. The number of hydrogen-bond acceptors (Lipinski definition) is 3. The van der Waals surface area contributed by atoms with E-state index in [1.54, 1.807) is 0 Å². The van der Waals surface area contributed by atoms with Crippen LogP contribution in [0.1, 0.15) is 25.0 Å². The molecule has 1 aliphatic rings. The fraction of sp³-hybridized carbons (Fsp3) is 0.0612. The smallest absolute Gasteiger partial charge is 0.160 e. The van der Waals surface area contributed by atoms with Crippen molar-refractivity contribution in [2.24, 2.45) is 0 Å². The molecule has 10 rings (SSSR count). The Bertz CT molecular complexity index is 2810. The second-order valence-electron chi connectivity index (χ2n) is 14.2. The maximum Gasteiger partial charge on any atom is 0.160 e. The van der Waals surface area contributed by atoms with E-state index in [1.807, 2.05) is 11.3 Å². The topological polar surface area (TPSA) is 25.8 Å². The van der Waals surface area contributed by atoms with Gasteiger partial charge in [-0.2, -0.15) is 0 Å². The van der Waals surface area contributed by atoms with Crippen molar-refractivity contribution in [1.29, 1.82) is 0 Å². The van der Waals surface area contributed by atoms with E-state index in [2.05, 4.69) is 184 Å². The van der Waals surface area contributed by atoms with E-state index in [1.165, 1.54) is 53.6 Å². The lowest BCUT2D eigenvalue weighted by molar-refractivity contribution is 0.660. The summed E-state index contributed by atoms with van der Waals surface area (Å²) in [5.74, 6) is 0.731. The standard InChI is InChI=1S/C49H34N2S/c1-49(2)42-21-10-8-16-36(42)37-28-27-34(29-43(37)49)48-50-44(30-45(51-48)41-20-12-19-40-39-18-9-11-22-46(39)52-47(40)41)38-17-7-6-15-35(38)33-25-23-32(24-26-33)31-13-4-3-5-14-31/h3-30H,1-2H3. The molecular formula is C49H34N2S. The minimum absolute atomic E-state index is 0.121. The summed E-state index contributed by atoms with van der Waals surface area (Å²) >= 11 is 1.83. The first-order valence-corrected chi connectivity index (χ1v) is 18.6. The third kappa shape index (κ3) is 4.92. The minimum atomic E-state index is -0.121. The molecule has 52 heavy (non-hydrogen) atoms. The number of thiophene rings is 1. The average molecular weight is 683 g/mol. The first kappa shape index (κ1) is 30.6. The van der Waals surface area contributed by atoms with Crippen molar-refractivity contribution < 1.29 is 0 Å². The lowest BCUT2D eigenvalue weighted by atomic mass is 9.82. The van der Waals surface area contributed by atoms with Crippen LogP contribution in [0.15, 0.2) is 170 Å². The second-order valence-corrected chi connectivity index (χ2v) is 15.2. The summed E-state index contributed by atoms with van der Waals surface area (Å²) in [5.41, 5.74) is 14.9. The van der Waals surface area contributed by atoms with Gasteiger partial charge in [-0.1, -0.05) is 166 Å².